The van der Waals surface area contributed by atoms with Gasteiger partial charge < -0.3 is 14.5 Å². The fourth-order valence-electron chi connectivity index (χ4n) is 2.76. The fraction of sp³-hybridized carbons (Fsp3) is 0.286. The zero-order valence-corrected chi connectivity index (χ0v) is 15.4. The number of para-hydroxylation sites is 1. The quantitative estimate of drug-likeness (QED) is 0.588. The number of carbonyl (C=O) groups excluding carboxylic acids is 1. The van der Waals surface area contributed by atoms with Crippen LogP contribution in [0.25, 0.3) is 11.5 Å². The summed E-state index contributed by atoms with van der Waals surface area (Å²) in [6.45, 7) is 0.657. The minimum absolute atomic E-state index is 0.0138. The second kappa shape index (κ2) is 9.52. The van der Waals surface area contributed by atoms with Crippen molar-refractivity contribution in [3.63, 3.8) is 0 Å². The molecular weight excluding hydrogens is 342 g/mol. The van der Waals surface area contributed by atoms with Gasteiger partial charge in [0.2, 0.25) is 11.8 Å². The average Bonchev–Trinajstić information content (AvgIpc) is 3.19. The van der Waals surface area contributed by atoms with Crippen molar-refractivity contribution in [3.05, 3.63) is 66.1 Å². The van der Waals surface area contributed by atoms with Gasteiger partial charge in [-0.05, 0) is 30.5 Å². The van der Waals surface area contributed by atoms with E-state index in [1.807, 2.05) is 42.5 Å². The number of nitrogens with one attached hydrogen (secondary N) is 1. The summed E-state index contributed by atoms with van der Waals surface area (Å²) >= 11 is 0. The summed E-state index contributed by atoms with van der Waals surface area (Å²) < 4.78 is 11.0. The molecule has 1 heterocycles. The van der Waals surface area contributed by atoms with Gasteiger partial charge in [-0.3, -0.25) is 4.79 Å². The average molecular weight is 365 g/mol. The maximum Gasteiger partial charge on any atom is 0.251 e. The van der Waals surface area contributed by atoms with Gasteiger partial charge >= 0.3 is 0 Å². The standard InChI is InChI=1S/C21H23N3O3/c1-26-18-12-6-5-11-17(18)21-24-23-20(27-21)14-13-19(25)22-15-7-10-16-8-3-2-4-9-16/h2-6,8-9,11-12H,7,10,13-15H2,1H3,(H,22,25). The van der Waals surface area contributed by atoms with E-state index in [9.17, 15) is 4.79 Å². The van der Waals surface area contributed by atoms with Crippen molar-refractivity contribution in [2.45, 2.75) is 25.7 Å². The summed E-state index contributed by atoms with van der Waals surface area (Å²) in [4.78, 5) is 12.0. The number of amides is 1. The monoisotopic (exact) mass is 365 g/mol. The molecule has 6 heteroatoms. The number of hydrogen-bond acceptors (Lipinski definition) is 5. The molecule has 2 aromatic carbocycles. The van der Waals surface area contributed by atoms with Crippen LogP contribution in [0.2, 0.25) is 0 Å². The number of aryl methyl sites for hydroxylation is 2. The maximum absolute atomic E-state index is 12.0. The Kier molecular flexibility index (Phi) is 6.57. The van der Waals surface area contributed by atoms with Gasteiger partial charge in [0.1, 0.15) is 5.75 Å². The lowest BCUT2D eigenvalue weighted by Crippen LogP contribution is -2.25. The third-order valence-corrected chi connectivity index (χ3v) is 4.18. The van der Waals surface area contributed by atoms with Crippen molar-refractivity contribution in [2.24, 2.45) is 0 Å². The SMILES string of the molecule is COc1ccccc1-c1nnc(CCC(=O)NCCCc2ccccc2)o1. The van der Waals surface area contributed by atoms with E-state index in [2.05, 4.69) is 27.6 Å². The summed E-state index contributed by atoms with van der Waals surface area (Å²) in [6, 6.07) is 17.7. The van der Waals surface area contributed by atoms with E-state index in [0.29, 0.717) is 36.9 Å². The molecule has 0 saturated carbocycles. The number of carbonyl (C=O) groups is 1. The minimum atomic E-state index is -0.0138. The van der Waals surface area contributed by atoms with Gasteiger partial charge in [0.15, 0.2) is 0 Å². The molecule has 27 heavy (non-hydrogen) atoms. The van der Waals surface area contributed by atoms with Crippen LogP contribution in [0.15, 0.2) is 59.0 Å². The number of nitrogens with zero attached hydrogens (tertiary/aromatic N) is 2. The van der Waals surface area contributed by atoms with E-state index in [1.54, 1.807) is 7.11 Å². The molecule has 0 aliphatic heterocycles. The van der Waals surface area contributed by atoms with Crippen LogP contribution in [0.3, 0.4) is 0 Å². The lowest BCUT2D eigenvalue weighted by Gasteiger charge is -2.04. The van der Waals surface area contributed by atoms with Crippen molar-refractivity contribution >= 4 is 5.91 Å². The molecule has 0 bridgehead atoms. The molecule has 0 aliphatic rings. The number of methoxy groups -OCH3 is 1. The molecule has 6 nitrogen and oxygen atoms in total. The van der Waals surface area contributed by atoms with Crippen LogP contribution in [0.1, 0.15) is 24.3 Å². The third kappa shape index (κ3) is 5.41. The Balaban J connectivity index is 1.42. The van der Waals surface area contributed by atoms with Gasteiger partial charge in [0.05, 0.1) is 12.7 Å². The third-order valence-electron chi connectivity index (χ3n) is 4.18. The Hall–Kier alpha value is -3.15. The number of benzene rings is 2. The van der Waals surface area contributed by atoms with E-state index < -0.39 is 0 Å². The Morgan fingerprint density at radius 3 is 2.63 bits per heavy atom. The highest BCUT2D eigenvalue weighted by atomic mass is 16.5. The lowest BCUT2D eigenvalue weighted by molar-refractivity contribution is -0.121. The van der Waals surface area contributed by atoms with E-state index in [0.717, 1.165) is 18.4 Å². The number of ether oxygens (including phenoxy) is 1. The highest BCUT2D eigenvalue weighted by molar-refractivity contribution is 5.76. The van der Waals surface area contributed by atoms with Gasteiger partial charge in [-0.1, -0.05) is 42.5 Å². The van der Waals surface area contributed by atoms with Gasteiger partial charge in [-0.2, -0.15) is 0 Å². The maximum atomic E-state index is 12.0. The van der Waals surface area contributed by atoms with Gasteiger partial charge in [-0.25, -0.2) is 0 Å². The molecule has 0 unspecified atom stereocenters. The molecule has 0 atom stereocenters. The molecule has 0 aliphatic carbocycles. The fourth-order valence-corrected chi connectivity index (χ4v) is 2.76. The molecule has 0 spiro atoms. The molecule has 0 radical (unpaired) electrons. The highest BCUT2D eigenvalue weighted by Gasteiger charge is 2.13. The molecule has 1 amide bonds. The Morgan fingerprint density at radius 1 is 1.04 bits per heavy atom. The zero-order chi connectivity index (χ0) is 18.9. The predicted octanol–water partition coefficient (Wildman–Crippen LogP) is 3.43. The van der Waals surface area contributed by atoms with Gasteiger partial charge in [0, 0.05) is 19.4 Å². The Morgan fingerprint density at radius 2 is 1.81 bits per heavy atom. The van der Waals surface area contributed by atoms with Crippen LogP contribution < -0.4 is 10.1 Å². The first-order valence-electron chi connectivity index (χ1n) is 9.02. The molecule has 3 aromatic rings. The second-order valence-electron chi connectivity index (χ2n) is 6.14. The molecule has 0 fully saturated rings. The first kappa shape index (κ1) is 18.6. The number of hydrogen-bond donors (Lipinski definition) is 1. The van der Waals surface area contributed by atoms with Crippen molar-refractivity contribution < 1.29 is 13.9 Å². The van der Waals surface area contributed by atoms with Crippen LogP contribution in [0.4, 0.5) is 0 Å². The van der Waals surface area contributed by atoms with Gasteiger partial charge in [0.25, 0.3) is 5.89 Å². The second-order valence-corrected chi connectivity index (χ2v) is 6.14. The van der Waals surface area contributed by atoms with Crippen LogP contribution in [-0.4, -0.2) is 29.8 Å². The lowest BCUT2D eigenvalue weighted by atomic mass is 10.1. The van der Waals surface area contributed by atoms with E-state index in [4.69, 9.17) is 9.15 Å². The highest BCUT2D eigenvalue weighted by Crippen LogP contribution is 2.28. The Labute approximate surface area is 158 Å². The topological polar surface area (TPSA) is 77.2 Å². The molecule has 140 valence electrons. The van der Waals surface area contributed by atoms with Crippen molar-refractivity contribution in [1.29, 1.82) is 0 Å². The largest absolute Gasteiger partial charge is 0.496 e. The van der Waals surface area contributed by atoms with Crippen LogP contribution in [-0.2, 0) is 17.6 Å². The Bertz CT molecular complexity index is 862. The van der Waals surface area contributed by atoms with Crippen LogP contribution in [0.5, 0.6) is 5.75 Å². The molecule has 0 saturated heterocycles. The molecule has 1 N–H and O–H groups in total. The normalized spacial score (nSPS) is 10.6. The summed E-state index contributed by atoms with van der Waals surface area (Å²) in [5, 5.41) is 11.0. The molecular formula is C21H23N3O3. The minimum Gasteiger partial charge on any atom is -0.496 e. The zero-order valence-electron chi connectivity index (χ0n) is 15.4. The first-order valence-corrected chi connectivity index (χ1v) is 9.02. The number of rotatable bonds is 9. The first-order chi connectivity index (χ1) is 13.3. The van der Waals surface area contributed by atoms with Gasteiger partial charge in [-0.15, -0.1) is 10.2 Å². The summed E-state index contributed by atoms with van der Waals surface area (Å²) in [6.07, 6.45) is 2.59. The summed E-state index contributed by atoms with van der Waals surface area (Å²) in [5.74, 6) is 1.49. The number of aromatic nitrogens is 2. The smallest absolute Gasteiger partial charge is 0.251 e. The summed E-state index contributed by atoms with van der Waals surface area (Å²) in [7, 11) is 1.60. The summed E-state index contributed by atoms with van der Waals surface area (Å²) in [5.41, 5.74) is 2.02. The van der Waals surface area contributed by atoms with Crippen molar-refractivity contribution in [1.82, 2.24) is 15.5 Å². The van der Waals surface area contributed by atoms with Crippen molar-refractivity contribution in [3.8, 4) is 17.2 Å². The van der Waals surface area contributed by atoms with E-state index in [-0.39, 0.29) is 5.91 Å². The van der Waals surface area contributed by atoms with Crippen molar-refractivity contribution in [2.75, 3.05) is 13.7 Å². The van der Waals surface area contributed by atoms with Crippen LogP contribution >= 0.6 is 0 Å². The van der Waals surface area contributed by atoms with Crippen LogP contribution in [0, 0.1) is 0 Å². The predicted molar refractivity (Wildman–Crippen MR) is 102 cm³/mol. The van der Waals surface area contributed by atoms with E-state index in [1.165, 1.54) is 5.56 Å². The molecule has 1 aromatic heterocycles. The molecule has 3 rings (SSSR count). The van der Waals surface area contributed by atoms with E-state index >= 15 is 0 Å².